The average Bonchev–Trinajstić information content (AvgIpc) is 2.71. The van der Waals surface area contributed by atoms with Crippen molar-refractivity contribution in [3.63, 3.8) is 0 Å². The molecule has 0 bridgehead atoms. The van der Waals surface area contributed by atoms with Gasteiger partial charge in [-0.1, -0.05) is 0 Å². The standard InChI is InChI=1S/C12H10BrF3N2O/c1-18-6-10(12(14,15)16)17-11(18)7-3-4-9(19-2)8(13)5-7/h3-6H,1-2H3. The second-order valence-corrected chi connectivity index (χ2v) is 4.76. The van der Waals surface area contributed by atoms with Gasteiger partial charge in [-0.2, -0.15) is 13.2 Å². The summed E-state index contributed by atoms with van der Waals surface area (Å²) < 4.78 is 44.8. The van der Waals surface area contributed by atoms with E-state index in [9.17, 15) is 13.2 Å². The molecule has 0 aliphatic carbocycles. The van der Waals surface area contributed by atoms with Crippen molar-refractivity contribution >= 4 is 15.9 Å². The number of aromatic nitrogens is 2. The zero-order valence-electron chi connectivity index (χ0n) is 10.1. The van der Waals surface area contributed by atoms with E-state index < -0.39 is 11.9 Å². The summed E-state index contributed by atoms with van der Waals surface area (Å²) in [6.07, 6.45) is -3.48. The number of ether oxygens (including phenoxy) is 1. The molecular weight excluding hydrogens is 325 g/mol. The lowest BCUT2D eigenvalue weighted by molar-refractivity contribution is -0.140. The van der Waals surface area contributed by atoms with Crippen LogP contribution in [-0.2, 0) is 13.2 Å². The molecule has 0 spiro atoms. The number of methoxy groups -OCH3 is 1. The summed E-state index contributed by atoms with van der Waals surface area (Å²) in [5.41, 5.74) is -0.331. The number of nitrogens with zero attached hydrogens (tertiary/aromatic N) is 2. The Morgan fingerprint density at radius 1 is 1.32 bits per heavy atom. The molecule has 19 heavy (non-hydrogen) atoms. The molecule has 0 aliphatic heterocycles. The highest BCUT2D eigenvalue weighted by molar-refractivity contribution is 9.10. The van der Waals surface area contributed by atoms with Gasteiger partial charge in [0.25, 0.3) is 0 Å². The van der Waals surface area contributed by atoms with E-state index in [1.165, 1.54) is 18.7 Å². The molecule has 7 heteroatoms. The molecule has 1 aromatic heterocycles. The van der Waals surface area contributed by atoms with Crippen molar-refractivity contribution < 1.29 is 17.9 Å². The van der Waals surface area contributed by atoms with Gasteiger partial charge in [0.1, 0.15) is 11.6 Å². The third kappa shape index (κ3) is 2.75. The van der Waals surface area contributed by atoms with E-state index in [4.69, 9.17) is 4.74 Å². The Morgan fingerprint density at radius 2 is 2.00 bits per heavy atom. The Hall–Kier alpha value is -1.50. The van der Waals surface area contributed by atoms with Crippen LogP contribution in [0.3, 0.4) is 0 Å². The van der Waals surface area contributed by atoms with Crippen molar-refractivity contribution in [2.75, 3.05) is 7.11 Å². The lowest BCUT2D eigenvalue weighted by Gasteiger charge is -2.06. The van der Waals surface area contributed by atoms with Crippen molar-refractivity contribution in [3.8, 4) is 17.1 Å². The molecule has 0 amide bonds. The Labute approximate surface area is 116 Å². The summed E-state index contributed by atoms with van der Waals surface area (Å²) in [7, 11) is 3.04. The molecule has 0 fully saturated rings. The summed E-state index contributed by atoms with van der Waals surface area (Å²) in [5.74, 6) is 0.852. The molecule has 0 saturated heterocycles. The minimum absolute atomic E-state index is 0.246. The number of aryl methyl sites for hydroxylation is 1. The van der Waals surface area contributed by atoms with Gasteiger partial charge in [0.05, 0.1) is 11.6 Å². The van der Waals surface area contributed by atoms with Crippen LogP contribution < -0.4 is 4.74 Å². The second-order valence-electron chi connectivity index (χ2n) is 3.91. The van der Waals surface area contributed by atoms with Gasteiger partial charge in [0, 0.05) is 18.8 Å². The van der Waals surface area contributed by atoms with Crippen molar-refractivity contribution in [2.24, 2.45) is 7.05 Å². The molecule has 102 valence electrons. The number of halogens is 4. The molecule has 0 aliphatic rings. The quantitative estimate of drug-likeness (QED) is 0.833. The molecule has 0 N–H and O–H groups in total. The number of alkyl halides is 3. The predicted octanol–water partition coefficient (Wildman–Crippen LogP) is 3.88. The van der Waals surface area contributed by atoms with Crippen LogP contribution in [-0.4, -0.2) is 16.7 Å². The summed E-state index contributed by atoms with van der Waals surface area (Å²) in [5, 5.41) is 0. The molecule has 2 rings (SSSR count). The highest BCUT2D eigenvalue weighted by Crippen LogP contribution is 2.33. The highest BCUT2D eigenvalue weighted by atomic mass is 79.9. The maximum atomic E-state index is 12.6. The van der Waals surface area contributed by atoms with Crippen LogP contribution in [0, 0.1) is 0 Å². The van der Waals surface area contributed by atoms with E-state index in [0.29, 0.717) is 15.8 Å². The van der Waals surface area contributed by atoms with Gasteiger partial charge in [-0.25, -0.2) is 4.98 Å². The summed E-state index contributed by atoms with van der Waals surface area (Å²) in [6.45, 7) is 0. The molecule has 3 nitrogen and oxygen atoms in total. The lowest BCUT2D eigenvalue weighted by atomic mass is 10.2. The normalized spacial score (nSPS) is 11.7. The van der Waals surface area contributed by atoms with Crippen molar-refractivity contribution in [1.82, 2.24) is 9.55 Å². The van der Waals surface area contributed by atoms with Crippen LogP contribution in [0.25, 0.3) is 11.4 Å². The Morgan fingerprint density at radius 3 is 2.47 bits per heavy atom. The van der Waals surface area contributed by atoms with E-state index in [2.05, 4.69) is 20.9 Å². The van der Waals surface area contributed by atoms with Gasteiger partial charge in [-0.15, -0.1) is 0 Å². The Kier molecular flexibility index (Phi) is 3.58. The third-order valence-electron chi connectivity index (χ3n) is 2.58. The first kappa shape index (κ1) is 13.9. The number of hydrogen-bond donors (Lipinski definition) is 0. The van der Waals surface area contributed by atoms with Crippen molar-refractivity contribution in [3.05, 3.63) is 34.6 Å². The van der Waals surface area contributed by atoms with Crippen molar-refractivity contribution in [2.45, 2.75) is 6.18 Å². The first-order valence-electron chi connectivity index (χ1n) is 5.27. The number of benzene rings is 1. The first-order valence-corrected chi connectivity index (χ1v) is 6.06. The number of hydrogen-bond acceptors (Lipinski definition) is 2. The smallest absolute Gasteiger partial charge is 0.434 e. The van der Waals surface area contributed by atoms with Crippen LogP contribution in [0.15, 0.2) is 28.9 Å². The molecule has 1 aromatic carbocycles. The maximum Gasteiger partial charge on any atom is 0.434 e. The van der Waals surface area contributed by atoms with Crippen LogP contribution in [0.1, 0.15) is 5.69 Å². The van der Waals surface area contributed by atoms with E-state index in [1.54, 1.807) is 18.2 Å². The SMILES string of the molecule is COc1ccc(-c2nc(C(F)(F)F)cn2C)cc1Br. The summed E-state index contributed by atoms with van der Waals surface area (Å²) >= 11 is 3.29. The van der Waals surface area contributed by atoms with Gasteiger partial charge >= 0.3 is 6.18 Å². The van der Waals surface area contributed by atoms with Crippen LogP contribution >= 0.6 is 15.9 Å². The molecule has 0 atom stereocenters. The predicted molar refractivity (Wildman–Crippen MR) is 67.9 cm³/mol. The van der Waals surface area contributed by atoms with E-state index >= 15 is 0 Å². The molecular formula is C12H10BrF3N2O. The molecule has 2 aromatic rings. The number of imidazole rings is 1. The minimum atomic E-state index is -4.44. The summed E-state index contributed by atoms with van der Waals surface area (Å²) in [6, 6.07) is 4.99. The first-order chi connectivity index (χ1) is 8.82. The number of rotatable bonds is 2. The Balaban J connectivity index is 2.48. The zero-order chi connectivity index (χ0) is 14.2. The van der Waals surface area contributed by atoms with E-state index in [0.717, 1.165) is 6.20 Å². The van der Waals surface area contributed by atoms with Crippen LogP contribution in [0.5, 0.6) is 5.75 Å². The van der Waals surface area contributed by atoms with Gasteiger partial charge in [-0.3, -0.25) is 0 Å². The molecule has 0 unspecified atom stereocenters. The largest absolute Gasteiger partial charge is 0.496 e. The summed E-state index contributed by atoms with van der Waals surface area (Å²) in [4.78, 5) is 3.62. The van der Waals surface area contributed by atoms with Crippen LogP contribution in [0.4, 0.5) is 13.2 Å². The average molecular weight is 335 g/mol. The lowest BCUT2D eigenvalue weighted by Crippen LogP contribution is -2.04. The fourth-order valence-corrected chi connectivity index (χ4v) is 2.22. The zero-order valence-corrected chi connectivity index (χ0v) is 11.7. The fraction of sp³-hybridized carbons (Fsp3) is 0.250. The Bertz CT molecular complexity index is 608. The topological polar surface area (TPSA) is 27.1 Å². The molecule has 1 heterocycles. The third-order valence-corrected chi connectivity index (χ3v) is 3.20. The second kappa shape index (κ2) is 4.88. The van der Waals surface area contributed by atoms with Crippen LogP contribution in [0.2, 0.25) is 0 Å². The fourth-order valence-electron chi connectivity index (χ4n) is 1.68. The van der Waals surface area contributed by atoms with Gasteiger partial charge < -0.3 is 9.30 Å². The maximum absolute atomic E-state index is 12.6. The molecule has 0 saturated carbocycles. The van der Waals surface area contributed by atoms with E-state index in [-0.39, 0.29) is 5.82 Å². The molecule has 0 radical (unpaired) electrons. The van der Waals surface area contributed by atoms with Gasteiger partial charge in [0.15, 0.2) is 5.69 Å². The van der Waals surface area contributed by atoms with Crippen molar-refractivity contribution in [1.29, 1.82) is 0 Å². The monoisotopic (exact) mass is 334 g/mol. The van der Waals surface area contributed by atoms with E-state index in [1.807, 2.05) is 0 Å². The highest BCUT2D eigenvalue weighted by Gasteiger charge is 2.34. The minimum Gasteiger partial charge on any atom is -0.496 e. The van der Waals surface area contributed by atoms with Gasteiger partial charge in [0.2, 0.25) is 0 Å². The van der Waals surface area contributed by atoms with Gasteiger partial charge in [-0.05, 0) is 34.1 Å².